The molecular weight excluding hydrogens is 344 g/mol. The number of nitrogens with one attached hydrogen (secondary N) is 1. The van der Waals surface area contributed by atoms with Crippen LogP contribution >= 0.6 is 0 Å². The van der Waals surface area contributed by atoms with Crippen LogP contribution in [0.15, 0.2) is 53.5 Å². The Hall–Kier alpha value is -2.93. The molecule has 2 aromatic carbocycles. The van der Waals surface area contributed by atoms with Crippen LogP contribution < -0.4 is 5.32 Å². The summed E-state index contributed by atoms with van der Waals surface area (Å²) in [7, 11) is 1.72. The van der Waals surface area contributed by atoms with Gasteiger partial charge in [0.15, 0.2) is 5.96 Å². The number of nitro groups is 1. The summed E-state index contributed by atoms with van der Waals surface area (Å²) in [6, 6.07) is 15.0. The molecule has 3 rings (SSSR count). The monoisotopic (exact) mass is 368 g/mol. The smallest absolute Gasteiger partial charge is 0.274 e. The van der Waals surface area contributed by atoms with Gasteiger partial charge in [-0.05, 0) is 18.1 Å². The predicted octanol–water partition coefficient (Wildman–Crippen LogP) is 3.05. The average Bonchev–Trinajstić information content (AvgIpc) is 2.69. The molecule has 1 aliphatic heterocycles. The van der Waals surface area contributed by atoms with Crippen molar-refractivity contribution in [1.82, 2.24) is 10.2 Å². The number of nitro benzene ring substituents is 1. The number of para-hydroxylation sites is 1. The molecular formula is C20H24N4O3. The van der Waals surface area contributed by atoms with Crippen LogP contribution in [-0.4, -0.2) is 42.5 Å². The number of benzene rings is 2. The largest absolute Gasteiger partial charge is 0.370 e. The van der Waals surface area contributed by atoms with Crippen molar-refractivity contribution < 1.29 is 9.66 Å². The lowest BCUT2D eigenvalue weighted by Gasteiger charge is -2.35. The number of aryl methyl sites for hydroxylation is 1. The van der Waals surface area contributed by atoms with Gasteiger partial charge in [-0.3, -0.25) is 15.1 Å². The number of nitrogens with zero attached hydrogens (tertiary/aromatic N) is 3. The first kappa shape index (κ1) is 18.8. The van der Waals surface area contributed by atoms with E-state index in [4.69, 9.17) is 4.74 Å². The maximum absolute atomic E-state index is 11.2. The number of guanidine groups is 1. The van der Waals surface area contributed by atoms with Crippen LogP contribution in [-0.2, 0) is 11.3 Å². The van der Waals surface area contributed by atoms with Crippen molar-refractivity contribution in [3.63, 3.8) is 0 Å². The fraction of sp³-hybridized carbons (Fsp3) is 0.350. The SMILES string of the molecule is CN=C(NCc1ccccc1[N+](=O)[O-])N1CCOC(c2ccccc2C)C1. The van der Waals surface area contributed by atoms with E-state index >= 15 is 0 Å². The number of hydrogen-bond acceptors (Lipinski definition) is 4. The Morgan fingerprint density at radius 3 is 2.78 bits per heavy atom. The third-order valence-corrected chi connectivity index (χ3v) is 4.74. The van der Waals surface area contributed by atoms with Crippen LogP contribution in [0.1, 0.15) is 22.8 Å². The van der Waals surface area contributed by atoms with Crippen LogP contribution in [0.4, 0.5) is 5.69 Å². The Labute approximate surface area is 158 Å². The highest BCUT2D eigenvalue weighted by atomic mass is 16.6. The van der Waals surface area contributed by atoms with E-state index in [0.717, 1.165) is 12.5 Å². The number of morpholine rings is 1. The summed E-state index contributed by atoms with van der Waals surface area (Å²) in [6.07, 6.45) is -0.0236. The summed E-state index contributed by atoms with van der Waals surface area (Å²) in [5.41, 5.74) is 3.12. The summed E-state index contributed by atoms with van der Waals surface area (Å²) in [4.78, 5) is 17.3. The molecule has 0 bridgehead atoms. The van der Waals surface area contributed by atoms with E-state index < -0.39 is 0 Å². The van der Waals surface area contributed by atoms with Gasteiger partial charge in [0.05, 0.1) is 18.1 Å². The summed E-state index contributed by atoms with van der Waals surface area (Å²) in [5, 5.41) is 14.4. The van der Waals surface area contributed by atoms with Gasteiger partial charge in [-0.25, -0.2) is 0 Å². The lowest BCUT2D eigenvalue weighted by atomic mass is 10.0. The van der Waals surface area contributed by atoms with Gasteiger partial charge in [-0.1, -0.05) is 42.5 Å². The summed E-state index contributed by atoms with van der Waals surface area (Å²) < 4.78 is 5.97. The molecule has 0 radical (unpaired) electrons. The fourth-order valence-corrected chi connectivity index (χ4v) is 3.32. The predicted molar refractivity (Wildman–Crippen MR) is 105 cm³/mol. The molecule has 27 heavy (non-hydrogen) atoms. The molecule has 1 fully saturated rings. The zero-order valence-corrected chi connectivity index (χ0v) is 15.6. The Morgan fingerprint density at radius 2 is 2.04 bits per heavy atom. The molecule has 142 valence electrons. The number of ether oxygens (including phenoxy) is 1. The highest BCUT2D eigenvalue weighted by Crippen LogP contribution is 2.25. The second kappa shape index (κ2) is 8.64. The standard InChI is InChI=1S/C20H24N4O3/c1-15-7-3-5-9-17(15)19-14-23(11-12-27-19)20(21-2)22-13-16-8-4-6-10-18(16)24(25)26/h3-10,19H,11-14H2,1-2H3,(H,21,22). The van der Waals surface area contributed by atoms with Crippen molar-refractivity contribution in [2.75, 3.05) is 26.7 Å². The minimum atomic E-state index is -0.358. The van der Waals surface area contributed by atoms with Crippen molar-refractivity contribution in [2.24, 2.45) is 4.99 Å². The lowest BCUT2D eigenvalue weighted by molar-refractivity contribution is -0.385. The van der Waals surface area contributed by atoms with Crippen LogP contribution in [0, 0.1) is 17.0 Å². The quantitative estimate of drug-likeness (QED) is 0.388. The summed E-state index contributed by atoms with van der Waals surface area (Å²) in [5.74, 6) is 0.718. The summed E-state index contributed by atoms with van der Waals surface area (Å²) in [6.45, 7) is 4.43. The van der Waals surface area contributed by atoms with Crippen LogP contribution in [0.25, 0.3) is 0 Å². The molecule has 1 saturated heterocycles. The number of aliphatic imine (C=N–C) groups is 1. The van der Waals surface area contributed by atoms with Gasteiger partial charge in [-0.15, -0.1) is 0 Å². The van der Waals surface area contributed by atoms with Crippen molar-refractivity contribution >= 4 is 11.6 Å². The van der Waals surface area contributed by atoms with Gasteiger partial charge in [0.1, 0.15) is 6.10 Å². The maximum atomic E-state index is 11.2. The maximum Gasteiger partial charge on any atom is 0.274 e. The lowest BCUT2D eigenvalue weighted by Crippen LogP contribution is -2.48. The molecule has 1 heterocycles. The van der Waals surface area contributed by atoms with Gasteiger partial charge in [-0.2, -0.15) is 0 Å². The molecule has 1 unspecified atom stereocenters. The fourth-order valence-electron chi connectivity index (χ4n) is 3.32. The van der Waals surface area contributed by atoms with Crippen LogP contribution in [0.2, 0.25) is 0 Å². The Kier molecular flexibility index (Phi) is 6.03. The first-order chi connectivity index (χ1) is 13.1. The topological polar surface area (TPSA) is 80.0 Å². The minimum absolute atomic E-state index is 0.0236. The molecule has 1 N–H and O–H groups in total. The zero-order chi connectivity index (χ0) is 19.2. The molecule has 1 atom stereocenters. The van der Waals surface area contributed by atoms with E-state index in [2.05, 4.69) is 34.3 Å². The minimum Gasteiger partial charge on any atom is -0.370 e. The van der Waals surface area contributed by atoms with Gasteiger partial charge >= 0.3 is 0 Å². The molecule has 1 aliphatic rings. The van der Waals surface area contributed by atoms with E-state index in [1.807, 2.05) is 12.1 Å². The summed E-state index contributed by atoms with van der Waals surface area (Å²) >= 11 is 0. The first-order valence-electron chi connectivity index (χ1n) is 8.95. The van der Waals surface area contributed by atoms with Gasteiger partial charge in [0, 0.05) is 31.8 Å². The molecule has 2 aromatic rings. The Bertz CT molecular complexity index is 837. The Balaban J connectivity index is 1.69. The van der Waals surface area contributed by atoms with Crippen molar-refractivity contribution in [3.05, 3.63) is 75.3 Å². The van der Waals surface area contributed by atoms with E-state index in [-0.39, 0.29) is 16.7 Å². The normalized spacial score (nSPS) is 17.6. The zero-order valence-electron chi connectivity index (χ0n) is 15.6. The van der Waals surface area contributed by atoms with E-state index in [1.54, 1.807) is 25.2 Å². The second-order valence-corrected chi connectivity index (χ2v) is 6.45. The van der Waals surface area contributed by atoms with Gasteiger partial charge < -0.3 is 15.0 Å². The third kappa shape index (κ3) is 4.43. The van der Waals surface area contributed by atoms with Gasteiger partial charge in [0.2, 0.25) is 0 Å². The van der Waals surface area contributed by atoms with Crippen molar-refractivity contribution in [2.45, 2.75) is 19.6 Å². The molecule has 0 saturated carbocycles. The molecule has 7 heteroatoms. The number of rotatable bonds is 4. The molecule has 0 aliphatic carbocycles. The van der Waals surface area contributed by atoms with E-state index in [1.165, 1.54) is 17.2 Å². The highest BCUT2D eigenvalue weighted by Gasteiger charge is 2.25. The van der Waals surface area contributed by atoms with E-state index in [9.17, 15) is 10.1 Å². The molecule has 0 aromatic heterocycles. The first-order valence-corrected chi connectivity index (χ1v) is 8.95. The average molecular weight is 368 g/mol. The third-order valence-electron chi connectivity index (χ3n) is 4.74. The molecule has 0 spiro atoms. The second-order valence-electron chi connectivity index (χ2n) is 6.45. The number of hydrogen-bond donors (Lipinski definition) is 1. The van der Waals surface area contributed by atoms with Crippen LogP contribution in [0.5, 0.6) is 0 Å². The van der Waals surface area contributed by atoms with Gasteiger partial charge in [0.25, 0.3) is 5.69 Å². The molecule has 0 amide bonds. The van der Waals surface area contributed by atoms with E-state index in [0.29, 0.717) is 25.3 Å². The van der Waals surface area contributed by atoms with Crippen molar-refractivity contribution in [3.8, 4) is 0 Å². The Morgan fingerprint density at radius 1 is 1.30 bits per heavy atom. The highest BCUT2D eigenvalue weighted by molar-refractivity contribution is 5.80. The molecule has 7 nitrogen and oxygen atoms in total. The van der Waals surface area contributed by atoms with Crippen LogP contribution in [0.3, 0.4) is 0 Å². The van der Waals surface area contributed by atoms with Crippen molar-refractivity contribution in [1.29, 1.82) is 0 Å².